The number of aliphatic imine (C=N–C) groups is 2. The molecule has 2 fully saturated rings. The zero-order valence-corrected chi connectivity index (χ0v) is 18.6. The van der Waals surface area contributed by atoms with Crippen molar-refractivity contribution in [2.45, 2.75) is 70.9 Å². The lowest BCUT2D eigenvalue weighted by atomic mass is 10.0. The van der Waals surface area contributed by atoms with Crippen LogP contribution >= 0.6 is 0 Å². The number of ether oxygens (including phenoxy) is 1. The number of rotatable bonds is 7. The standard InChI is InChI=1S/C23H36FN5O/c1-23(2,3)29(19-8-4-5-9-19)17-26-22(25)27-18-10-11-21(20(24)16-18)30-15-14-28-12-6-7-13-28/h10-11,16-17,19H,4-9,12-15H2,1-3H3,(H2,25,27). The van der Waals surface area contributed by atoms with E-state index in [1.165, 1.54) is 44.6 Å². The van der Waals surface area contributed by atoms with Gasteiger partial charge in [0.05, 0.1) is 12.0 Å². The van der Waals surface area contributed by atoms with Gasteiger partial charge in [-0.1, -0.05) is 12.8 Å². The van der Waals surface area contributed by atoms with E-state index in [2.05, 4.69) is 40.6 Å². The molecule has 1 aliphatic heterocycles. The summed E-state index contributed by atoms with van der Waals surface area (Å²) < 4.78 is 20.0. The molecule has 0 atom stereocenters. The second kappa shape index (κ2) is 10.2. The Labute approximate surface area is 180 Å². The Morgan fingerprint density at radius 2 is 1.93 bits per heavy atom. The van der Waals surface area contributed by atoms with Crippen molar-refractivity contribution in [3.05, 3.63) is 24.0 Å². The normalized spacial score (nSPS) is 19.1. The summed E-state index contributed by atoms with van der Waals surface area (Å²) in [6, 6.07) is 5.13. The topological polar surface area (TPSA) is 66.4 Å². The summed E-state index contributed by atoms with van der Waals surface area (Å²) >= 11 is 0. The van der Waals surface area contributed by atoms with Gasteiger partial charge in [0.1, 0.15) is 6.61 Å². The van der Waals surface area contributed by atoms with Crippen LogP contribution in [-0.2, 0) is 0 Å². The lowest BCUT2D eigenvalue weighted by Crippen LogP contribution is -2.46. The maximum atomic E-state index is 14.4. The number of likely N-dealkylation sites (tertiary alicyclic amines) is 1. The predicted octanol–water partition coefficient (Wildman–Crippen LogP) is 4.32. The molecular weight excluding hydrogens is 381 g/mol. The first-order chi connectivity index (χ1) is 14.3. The molecule has 0 amide bonds. The van der Waals surface area contributed by atoms with E-state index in [1.807, 2.05) is 0 Å². The Bertz CT molecular complexity index is 746. The van der Waals surface area contributed by atoms with Crippen molar-refractivity contribution in [2.75, 3.05) is 26.2 Å². The third kappa shape index (κ3) is 6.42. The van der Waals surface area contributed by atoms with E-state index in [1.54, 1.807) is 18.5 Å². The van der Waals surface area contributed by atoms with Crippen molar-refractivity contribution in [1.82, 2.24) is 9.80 Å². The van der Waals surface area contributed by atoms with E-state index in [-0.39, 0.29) is 17.2 Å². The molecular formula is C23H36FN5O. The van der Waals surface area contributed by atoms with E-state index < -0.39 is 5.82 Å². The molecule has 7 heteroatoms. The van der Waals surface area contributed by atoms with E-state index in [0.717, 1.165) is 19.6 Å². The monoisotopic (exact) mass is 417 g/mol. The highest BCUT2D eigenvalue weighted by atomic mass is 19.1. The van der Waals surface area contributed by atoms with Crippen molar-refractivity contribution < 1.29 is 9.13 Å². The fourth-order valence-electron chi connectivity index (χ4n) is 4.25. The third-order valence-electron chi connectivity index (χ3n) is 5.83. The Morgan fingerprint density at radius 3 is 2.57 bits per heavy atom. The van der Waals surface area contributed by atoms with Gasteiger partial charge in [0.2, 0.25) is 5.96 Å². The van der Waals surface area contributed by atoms with Gasteiger partial charge in [0, 0.05) is 24.2 Å². The molecule has 1 heterocycles. The molecule has 0 radical (unpaired) electrons. The van der Waals surface area contributed by atoms with Gasteiger partial charge in [-0.15, -0.1) is 0 Å². The van der Waals surface area contributed by atoms with E-state index in [4.69, 9.17) is 10.5 Å². The molecule has 0 unspecified atom stereocenters. The maximum absolute atomic E-state index is 14.4. The van der Waals surface area contributed by atoms with Gasteiger partial charge >= 0.3 is 0 Å². The maximum Gasteiger partial charge on any atom is 0.221 e. The van der Waals surface area contributed by atoms with Gasteiger partial charge < -0.3 is 15.4 Å². The van der Waals surface area contributed by atoms with Crippen molar-refractivity contribution in [3.8, 4) is 5.75 Å². The molecule has 1 aromatic carbocycles. The molecule has 3 rings (SSSR count). The fourth-order valence-corrected chi connectivity index (χ4v) is 4.25. The molecule has 1 aromatic rings. The number of nitrogens with zero attached hydrogens (tertiary/aromatic N) is 4. The SMILES string of the molecule is CC(C)(C)N(C=NC(N)=Nc1ccc(OCCN2CCCC2)c(F)c1)C1CCCC1. The van der Waals surface area contributed by atoms with Gasteiger partial charge in [-0.2, -0.15) is 0 Å². The van der Waals surface area contributed by atoms with Crippen molar-refractivity contribution in [3.63, 3.8) is 0 Å². The van der Waals surface area contributed by atoms with Crippen LogP contribution in [0.1, 0.15) is 59.3 Å². The lowest BCUT2D eigenvalue weighted by Gasteiger charge is -2.38. The van der Waals surface area contributed by atoms with Crippen LogP contribution in [-0.4, -0.2) is 59.9 Å². The number of nitrogens with two attached hydrogens (primary N) is 1. The van der Waals surface area contributed by atoms with Crippen LogP contribution in [0.5, 0.6) is 5.75 Å². The van der Waals surface area contributed by atoms with E-state index in [9.17, 15) is 4.39 Å². The van der Waals surface area contributed by atoms with Gasteiger partial charge in [0.25, 0.3) is 0 Å². The molecule has 6 nitrogen and oxygen atoms in total. The van der Waals surface area contributed by atoms with E-state index in [0.29, 0.717) is 18.3 Å². The number of hydrogen-bond donors (Lipinski definition) is 1. The van der Waals surface area contributed by atoms with Crippen molar-refractivity contribution in [1.29, 1.82) is 0 Å². The Balaban J connectivity index is 1.59. The minimum atomic E-state index is -0.434. The summed E-state index contributed by atoms with van der Waals surface area (Å²) in [4.78, 5) is 13.2. The zero-order chi connectivity index (χ0) is 21.6. The van der Waals surface area contributed by atoms with Crippen LogP contribution in [0.4, 0.5) is 10.1 Å². The molecule has 30 heavy (non-hydrogen) atoms. The highest BCUT2D eigenvalue weighted by Gasteiger charge is 2.28. The minimum absolute atomic E-state index is 0.0427. The molecule has 2 N–H and O–H groups in total. The van der Waals surface area contributed by atoms with Gasteiger partial charge in [-0.3, -0.25) is 4.90 Å². The quantitative estimate of drug-likeness (QED) is 0.530. The third-order valence-corrected chi connectivity index (χ3v) is 5.83. The van der Waals surface area contributed by atoms with Crippen LogP contribution in [0.2, 0.25) is 0 Å². The first kappa shape index (κ1) is 22.5. The Kier molecular flexibility index (Phi) is 7.69. The van der Waals surface area contributed by atoms with Gasteiger partial charge in [-0.25, -0.2) is 14.4 Å². The smallest absolute Gasteiger partial charge is 0.221 e. The second-order valence-electron chi connectivity index (χ2n) is 9.24. The molecule has 166 valence electrons. The molecule has 0 spiro atoms. The van der Waals surface area contributed by atoms with Crippen molar-refractivity contribution >= 4 is 18.0 Å². The second-order valence-corrected chi connectivity index (χ2v) is 9.24. The average molecular weight is 418 g/mol. The van der Waals surface area contributed by atoms with E-state index >= 15 is 0 Å². The summed E-state index contributed by atoms with van der Waals surface area (Å²) in [5, 5.41) is 0. The van der Waals surface area contributed by atoms with Gasteiger partial charge in [-0.05, 0) is 71.7 Å². The Morgan fingerprint density at radius 1 is 1.23 bits per heavy atom. The van der Waals surface area contributed by atoms with Crippen LogP contribution in [0.15, 0.2) is 28.2 Å². The number of hydrogen-bond acceptors (Lipinski definition) is 3. The number of benzene rings is 1. The van der Waals surface area contributed by atoms with Crippen molar-refractivity contribution in [2.24, 2.45) is 15.7 Å². The highest BCUT2D eigenvalue weighted by Crippen LogP contribution is 2.28. The zero-order valence-electron chi connectivity index (χ0n) is 18.6. The number of guanidine groups is 1. The van der Waals surface area contributed by atoms with Crippen LogP contribution in [0.25, 0.3) is 0 Å². The lowest BCUT2D eigenvalue weighted by molar-refractivity contribution is 0.184. The Hall–Kier alpha value is -2.15. The fraction of sp³-hybridized carbons (Fsp3) is 0.652. The average Bonchev–Trinajstić information content (AvgIpc) is 3.37. The summed E-state index contributed by atoms with van der Waals surface area (Å²) in [5.74, 6) is -0.0727. The van der Waals surface area contributed by atoms with Gasteiger partial charge in [0.15, 0.2) is 11.6 Å². The highest BCUT2D eigenvalue weighted by molar-refractivity contribution is 5.88. The van der Waals surface area contributed by atoms with Crippen LogP contribution < -0.4 is 10.5 Å². The predicted molar refractivity (Wildman–Crippen MR) is 121 cm³/mol. The summed E-state index contributed by atoms with van der Waals surface area (Å²) in [7, 11) is 0. The molecule has 1 saturated carbocycles. The summed E-state index contributed by atoms with van der Waals surface area (Å²) in [6.45, 7) is 10.0. The summed E-state index contributed by atoms with van der Waals surface area (Å²) in [6.07, 6.45) is 9.11. The molecule has 0 bridgehead atoms. The first-order valence-corrected chi connectivity index (χ1v) is 11.1. The number of halogens is 1. The molecule has 2 aliphatic rings. The van der Waals surface area contributed by atoms with Crippen LogP contribution in [0.3, 0.4) is 0 Å². The molecule has 0 aromatic heterocycles. The largest absolute Gasteiger partial charge is 0.489 e. The molecule has 1 saturated heterocycles. The molecule has 1 aliphatic carbocycles. The minimum Gasteiger partial charge on any atom is -0.489 e. The van der Waals surface area contributed by atoms with Crippen LogP contribution in [0, 0.1) is 5.82 Å². The first-order valence-electron chi connectivity index (χ1n) is 11.1. The summed E-state index contributed by atoms with van der Waals surface area (Å²) in [5.41, 5.74) is 6.39.